The van der Waals surface area contributed by atoms with E-state index in [-0.39, 0.29) is 35.4 Å². The topological polar surface area (TPSA) is 112 Å². The lowest BCUT2D eigenvalue weighted by Crippen LogP contribution is -2.49. The number of benzene rings is 3. The van der Waals surface area contributed by atoms with Crippen molar-refractivity contribution >= 4 is 29.2 Å². The lowest BCUT2D eigenvalue weighted by atomic mass is 9.62. The second-order valence-corrected chi connectivity index (χ2v) is 10.5. The van der Waals surface area contributed by atoms with Crippen molar-refractivity contribution in [2.75, 3.05) is 11.9 Å². The zero-order valence-corrected chi connectivity index (χ0v) is 22.3. The van der Waals surface area contributed by atoms with E-state index in [1.165, 1.54) is 6.20 Å². The van der Waals surface area contributed by atoms with E-state index in [2.05, 4.69) is 10.3 Å². The van der Waals surface area contributed by atoms with Crippen LogP contribution in [0.1, 0.15) is 43.4 Å². The minimum atomic E-state index is -1.44. The molecular formula is C34H24N4O4. The Bertz CT molecular complexity index is 1830. The highest BCUT2D eigenvalue weighted by Gasteiger charge is 2.70. The molecule has 0 bridgehead atoms. The Balaban J connectivity index is 1.52. The summed E-state index contributed by atoms with van der Waals surface area (Å²) in [6.45, 7) is -0.244. The first kappa shape index (κ1) is 25.4. The molecule has 0 unspecified atom stereocenters. The predicted molar refractivity (Wildman–Crippen MR) is 155 cm³/mol. The summed E-state index contributed by atoms with van der Waals surface area (Å²) in [5, 5.41) is 12.2. The van der Waals surface area contributed by atoms with E-state index < -0.39 is 23.4 Å². The summed E-state index contributed by atoms with van der Waals surface area (Å²) in [7, 11) is 0. The number of ketones is 2. The van der Waals surface area contributed by atoms with E-state index in [9.17, 15) is 14.4 Å². The highest BCUT2D eigenvalue weighted by Crippen LogP contribution is 2.62. The van der Waals surface area contributed by atoms with Gasteiger partial charge >= 0.3 is 0 Å². The molecule has 1 aromatic heterocycles. The Hall–Kier alpha value is -5.55. The number of rotatable bonds is 6. The number of fused-ring (bicyclic) bond motifs is 6. The summed E-state index contributed by atoms with van der Waals surface area (Å²) >= 11 is 0. The summed E-state index contributed by atoms with van der Waals surface area (Å²) in [6.07, 6.45) is 6.78. The maximum absolute atomic E-state index is 14.8. The number of hydrogen-bond donors (Lipinski definition) is 1. The molecule has 1 N–H and O–H groups in total. The fourth-order valence-electron chi connectivity index (χ4n) is 6.92. The lowest BCUT2D eigenvalue weighted by molar-refractivity contribution is -0.122. The van der Waals surface area contributed by atoms with Gasteiger partial charge in [0.25, 0.3) is 0 Å². The van der Waals surface area contributed by atoms with Gasteiger partial charge in [-0.3, -0.25) is 19.4 Å². The normalized spacial score (nSPS) is 23.0. The van der Waals surface area contributed by atoms with Crippen molar-refractivity contribution in [3.05, 3.63) is 131 Å². The zero-order valence-electron chi connectivity index (χ0n) is 22.3. The van der Waals surface area contributed by atoms with Crippen LogP contribution < -0.4 is 10.1 Å². The average molecular weight is 553 g/mol. The van der Waals surface area contributed by atoms with Crippen LogP contribution in [0, 0.1) is 17.2 Å². The number of amides is 1. The number of nitrogens with one attached hydrogen (secondary N) is 1. The molecule has 1 spiro atoms. The van der Waals surface area contributed by atoms with Gasteiger partial charge in [0, 0.05) is 29.8 Å². The molecule has 4 heterocycles. The van der Waals surface area contributed by atoms with Crippen LogP contribution in [0.2, 0.25) is 0 Å². The molecule has 3 aromatic carbocycles. The van der Waals surface area contributed by atoms with Crippen LogP contribution in [0.4, 0.5) is 5.69 Å². The molecule has 8 nitrogen and oxygen atoms in total. The van der Waals surface area contributed by atoms with Crippen LogP contribution in [-0.4, -0.2) is 40.0 Å². The van der Waals surface area contributed by atoms with E-state index in [0.29, 0.717) is 16.8 Å². The molecule has 7 rings (SSSR count). The first-order valence-corrected chi connectivity index (χ1v) is 13.6. The first-order chi connectivity index (χ1) is 20.6. The van der Waals surface area contributed by atoms with Crippen molar-refractivity contribution < 1.29 is 19.1 Å². The Kier molecular flexibility index (Phi) is 5.94. The first-order valence-electron chi connectivity index (χ1n) is 13.6. The predicted octanol–water partition coefficient (Wildman–Crippen LogP) is 4.97. The van der Waals surface area contributed by atoms with Crippen LogP contribution in [0.25, 0.3) is 6.08 Å². The summed E-state index contributed by atoms with van der Waals surface area (Å²) in [4.78, 5) is 50.0. The molecule has 1 amide bonds. The Morgan fingerprint density at radius 1 is 0.976 bits per heavy atom. The number of aromatic nitrogens is 1. The van der Waals surface area contributed by atoms with Crippen LogP contribution in [0.5, 0.6) is 5.75 Å². The molecule has 3 aliphatic heterocycles. The van der Waals surface area contributed by atoms with Crippen molar-refractivity contribution in [2.24, 2.45) is 5.92 Å². The van der Waals surface area contributed by atoms with Crippen LogP contribution in [-0.2, 0) is 10.2 Å². The van der Waals surface area contributed by atoms with Crippen LogP contribution in [0.3, 0.4) is 0 Å². The van der Waals surface area contributed by atoms with Crippen molar-refractivity contribution in [3.8, 4) is 11.8 Å². The maximum atomic E-state index is 14.8. The van der Waals surface area contributed by atoms with Crippen LogP contribution >= 0.6 is 0 Å². The van der Waals surface area contributed by atoms with Gasteiger partial charge in [-0.25, -0.2) is 0 Å². The van der Waals surface area contributed by atoms with Gasteiger partial charge in [-0.2, -0.15) is 5.26 Å². The summed E-state index contributed by atoms with van der Waals surface area (Å²) in [5.74, 6) is -1.96. The zero-order chi connectivity index (χ0) is 28.8. The number of hydrogen-bond acceptors (Lipinski definition) is 7. The SMILES string of the molecule is N#CCOc1ccccc1C(=O)[C@@H]1[C@@H](C(=O)c2cccnc2)[C@@]2(C(=O)Nc3ccccc32)[C@H]2c3ccccc3C=CN12. The third kappa shape index (κ3) is 3.53. The lowest BCUT2D eigenvalue weighted by Gasteiger charge is -2.38. The summed E-state index contributed by atoms with van der Waals surface area (Å²) < 4.78 is 5.64. The van der Waals surface area contributed by atoms with Gasteiger partial charge < -0.3 is 15.0 Å². The Morgan fingerprint density at radius 3 is 2.60 bits per heavy atom. The van der Waals surface area contributed by atoms with E-state index in [1.54, 1.807) is 42.6 Å². The molecule has 42 heavy (non-hydrogen) atoms. The van der Waals surface area contributed by atoms with Gasteiger partial charge in [-0.05, 0) is 53.1 Å². The molecule has 3 aliphatic rings. The van der Waals surface area contributed by atoms with Crippen LogP contribution in [0.15, 0.2) is 104 Å². The number of carbonyl (C=O) groups is 3. The molecule has 0 aliphatic carbocycles. The standard InChI is InChI=1S/C34H24N4O4/c35-16-19-42-27-14-6-3-11-24(27)31(40)29-28(30(39)22-9-7-17-36-20-22)34(25-12-4-5-13-26(25)37-33(34)41)32-23-10-2-1-8-21(23)15-18-38(29)32/h1-15,17-18,20,28-29,32H,19H2,(H,37,41)/t28-,29-,32+,34+/m0/s1. The van der Waals surface area contributed by atoms with Gasteiger partial charge in [-0.1, -0.05) is 54.6 Å². The molecule has 4 aromatic rings. The van der Waals surface area contributed by atoms with E-state index in [0.717, 1.165) is 11.1 Å². The molecular weight excluding hydrogens is 528 g/mol. The van der Waals surface area contributed by atoms with Crippen molar-refractivity contribution in [1.29, 1.82) is 5.26 Å². The smallest absolute Gasteiger partial charge is 0.238 e. The highest BCUT2D eigenvalue weighted by atomic mass is 16.5. The number of carbonyl (C=O) groups excluding carboxylic acids is 3. The Labute approximate surface area is 241 Å². The van der Waals surface area contributed by atoms with Crippen molar-refractivity contribution in [1.82, 2.24) is 9.88 Å². The van der Waals surface area contributed by atoms with Gasteiger partial charge in [0.2, 0.25) is 5.91 Å². The fourth-order valence-corrected chi connectivity index (χ4v) is 6.92. The minimum absolute atomic E-state index is 0.233. The molecule has 1 saturated heterocycles. The Morgan fingerprint density at radius 2 is 1.76 bits per heavy atom. The number of nitrogens with zero attached hydrogens (tertiary/aromatic N) is 3. The molecule has 204 valence electrons. The molecule has 0 saturated carbocycles. The van der Waals surface area contributed by atoms with Gasteiger partial charge in [0.15, 0.2) is 18.2 Å². The number of Topliss-reactive ketones (excluding diaryl/α,β-unsaturated/α-hetero) is 2. The van der Waals surface area contributed by atoms with E-state index in [4.69, 9.17) is 10.00 Å². The third-order valence-corrected chi connectivity index (χ3v) is 8.51. The number of ether oxygens (including phenoxy) is 1. The second kappa shape index (κ2) is 9.82. The van der Waals surface area contributed by atoms with Gasteiger partial charge in [0.05, 0.1) is 17.5 Å². The molecule has 4 atom stereocenters. The largest absolute Gasteiger partial charge is 0.478 e. The summed E-state index contributed by atoms with van der Waals surface area (Å²) in [5.41, 5.74) is 2.15. The number of nitriles is 1. The molecule has 0 radical (unpaired) electrons. The molecule has 1 fully saturated rings. The van der Waals surface area contributed by atoms with Crippen molar-refractivity contribution in [2.45, 2.75) is 17.5 Å². The number of pyridine rings is 1. The monoisotopic (exact) mass is 552 g/mol. The number of anilines is 1. The maximum Gasteiger partial charge on any atom is 0.238 e. The number of para-hydroxylation sites is 2. The fraction of sp³-hybridized carbons (Fsp3) is 0.147. The third-order valence-electron chi connectivity index (χ3n) is 8.51. The van der Waals surface area contributed by atoms with Crippen molar-refractivity contribution in [3.63, 3.8) is 0 Å². The minimum Gasteiger partial charge on any atom is -0.478 e. The van der Waals surface area contributed by atoms with E-state index >= 15 is 0 Å². The highest BCUT2D eigenvalue weighted by molar-refractivity contribution is 6.17. The van der Waals surface area contributed by atoms with E-state index in [1.807, 2.05) is 71.8 Å². The summed E-state index contributed by atoms with van der Waals surface area (Å²) in [6, 6.07) is 25.4. The second-order valence-electron chi connectivity index (χ2n) is 10.5. The quantitative estimate of drug-likeness (QED) is 0.336. The van der Waals surface area contributed by atoms with Gasteiger partial charge in [-0.15, -0.1) is 0 Å². The average Bonchev–Trinajstić information content (AvgIpc) is 3.52. The molecule has 8 heteroatoms. The van der Waals surface area contributed by atoms with Gasteiger partial charge in [0.1, 0.15) is 23.3 Å².